The number of hydrogen-bond donors (Lipinski definition) is 1. The minimum Gasteiger partial charge on any atom is -0.474 e. The number of para-hydroxylation sites is 1. The number of pyridine rings is 1. The first-order chi connectivity index (χ1) is 8.74. The number of aromatic nitrogens is 2. The molecule has 2 aromatic heterocycles. The van der Waals surface area contributed by atoms with Crippen LogP contribution in [0.15, 0.2) is 47.0 Å². The van der Waals surface area contributed by atoms with E-state index < -0.39 is 5.97 Å². The van der Waals surface area contributed by atoms with Crippen molar-refractivity contribution in [2.24, 2.45) is 0 Å². The fraction of sp³-hybridized carbons (Fsp3) is 0. The molecule has 0 fully saturated rings. The van der Waals surface area contributed by atoms with Crippen molar-refractivity contribution in [2.75, 3.05) is 0 Å². The Hall–Kier alpha value is -2.69. The van der Waals surface area contributed by atoms with Crippen LogP contribution in [0.4, 0.5) is 0 Å². The fourth-order valence-corrected chi connectivity index (χ4v) is 1.69. The third-order valence-corrected chi connectivity index (χ3v) is 2.54. The Morgan fingerprint density at radius 1 is 1.17 bits per heavy atom. The molecule has 88 valence electrons. The highest BCUT2D eigenvalue weighted by molar-refractivity contribution is 5.83. The Morgan fingerprint density at radius 2 is 2.00 bits per heavy atom. The molecule has 0 bridgehead atoms. The molecule has 1 aromatic carbocycles. The Morgan fingerprint density at radius 3 is 2.78 bits per heavy atom. The molecule has 18 heavy (non-hydrogen) atoms. The van der Waals surface area contributed by atoms with Gasteiger partial charge in [-0.1, -0.05) is 24.3 Å². The summed E-state index contributed by atoms with van der Waals surface area (Å²) >= 11 is 0. The molecule has 5 nitrogen and oxygen atoms in total. The maximum absolute atomic E-state index is 10.7. The van der Waals surface area contributed by atoms with Gasteiger partial charge < -0.3 is 9.52 Å². The molecular formula is C13H8N2O3. The minimum atomic E-state index is -1.19. The maximum Gasteiger partial charge on any atom is 0.392 e. The summed E-state index contributed by atoms with van der Waals surface area (Å²) in [5.74, 6) is -1.18. The molecule has 0 atom stereocenters. The zero-order valence-electron chi connectivity index (χ0n) is 9.20. The molecule has 0 radical (unpaired) electrons. The van der Waals surface area contributed by atoms with Crippen LogP contribution >= 0.6 is 0 Å². The zero-order chi connectivity index (χ0) is 12.5. The third-order valence-electron chi connectivity index (χ3n) is 2.54. The predicted octanol–water partition coefficient (Wildman–Crippen LogP) is 2.59. The van der Waals surface area contributed by atoms with Gasteiger partial charge in [0, 0.05) is 5.39 Å². The standard InChI is InChI=1S/C13H8N2O3/c16-13(17)12-14-7-11(18-12)10-6-5-8-3-1-2-4-9(8)15-10/h1-7H,(H,16,17). The molecular weight excluding hydrogens is 232 g/mol. The number of benzene rings is 1. The highest BCUT2D eigenvalue weighted by atomic mass is 16.4. The van der Waals surface area contributed by atoms with Crippen molar-refractivity contribution >= 4 is 16.9 Å². The molecule has 0 amide bonds. The molecule has 5 heteroatoms. The first-order valence-corrected chi connectivity index (χ1v) is 5.29. The number of hydrogen-bond acceptors (Lipinski definition) is 4. The number of fused-ring (bicyclic) bond motifs is 1. The van der Waals surface area contributed by atoms with Gasteiger partial charge in [-0.15, -0.1) is 0 Å². The molecule has 0 spiro atoms. The molecule has 0 saturated carbocycles. The van der Waals surface area contributed by atoms with Crippen LogP contribution in [0.3, 0.4) is 0 Å². The van der Waals surface area contributed by atoms with Gasteiger partial charge in [-0.25, -0.2) is 14.8 Å². The fourth-order valence-electron chi connectivity index (χ4n) is 1.69. The maximum atomic E-state index is 10.7. The second-order valence-corrected chi connectivity index (χ2v) is 3.72. The van der Waals surface area contributed by atoms with E-state index in [2.05, 4.69) is 9.97 Å². The topological polar surface area (TPSA) is 76.2 Å². The minimum absolute atomic E-state index is 0.333. The van der Waals surface area contributed by atoms with Gasteiger partial charge in [0.2, 0.25) is 0 Å². The van der Waals surface area contributed by atoms with Crippen molar-refractivity contribution in [3.05, 3.63) is 48.5 Å². The van der Waals surface area contributed by atoms with Crippen LogP contribution in [-0.2, 0) is 0 Å². The number of nitrogens with zero attached hydrogens (tertiary/aromatic N) is 2. The van der Waals surface area contributed by atoms with Gasteiger partial charge in [0.05, 0.1) is 11.7 Å². The molecule has 3 aromatic rings. The van der Waals surface area contributed by atoms with E-state index in [1.807, 2.05) is 30.3 Å². The summed E-state index contributed by atoms with van der Waals surface area (Å²) in [5, 5.41) is 9.75. The lowest BCUT2D eigenvalue weighted by atomic mass is 10.2. The molecule has 0 aliphatic heterocycles. The van der Waals surface area contributed by atoms with E-state index in [-0.39, 0.29) is 5.89 Å². The first-order valence-electron chi connectivity index (χ1n) is 5.29. The predicted molar refractivity (Wildman–Crippen MR) is 64.2 cm³/mol. The van der Waals surface area contributed by atoms with E-state index in [0.29, 0.717) is 11.5 Å². The Labute approximate surface area is 102 Å². The average molecular weight is 240 g/mol. The van der Waals surface area contributed by atoms with Gasteiger partial charge in [-0.05, 0) is 12.1 Å². The van der Waals surface area contributed by atoms with Crippen molar-refractivity contribution in [3.8, 4) is 11.5 Å². The lowest BCUT2D eigenvalue weighted by Gasteiger charge is -1.99. The van der Waals surface area contributed by atoms with Gasteiger partial charge >= 0.3 is 11.9 Å². The normalized spacial score (nSPS) is 10.7. The summed E-state index contributed by atoms with van der Waals surface area (Å²) in [7, 11) is 0. The van der Waals surface area contributed by atoms with Crippen molar-refractivity contribution < 1.29 is 14.3 Å². The monoisotopic (exact) mass is 240 g/mol. The quantitative estimate of drug-likeness (QED) is 0.745. The average Bonchev–Trinajstić information content (AvgIpc) is 2.88. The van der Waals surface area contributed by atoms with Gasteiger partial charge in [0.15, 0.2) is 5.76 Å². The first kappa shape index (κ1) is 10.5. The van der Waals surface area contributed by atoms with E-state index in [0.717, 1.165) is 10.9 Å². The van der Waals surface area contributed by atoms with Crippen LogP contribution in [0.25, 0.3) is 22.4 Å². The number of rotatable bonds is 2. The van der Waals surface area contributed by atoms with Gasteiger partial charge in [0.1, 0.15) is 5.69 Å². The van der Waals surface area contributed by atoms with Crippen LogP contribution in [0.5, 0.6) is 0 Å². The molecule has 2 heterocycles. The lowest BCUT2D eigenvalue weighted by Crippen LogP contribution is -1.94. The van der Waals surface area contributed by atoms with E-state index in [1.54, 1.807) is 6.07 Å². The van der Waals surface area contributed by atoms with E-state index in [9.17, 15) is 4.79 Å². The highest BCUT2D eigenvalue weighted by Crippen LogP contribution is 2.21. The van der Waals surface area contributed by atoms with Crippen LogP contribution in [0.2, 0.25) is 0 Å². The second kappa shape index (κ2) is 3.96. The molecule has 0 aliphatic carbocycles. The van der Waals surface area contributed by atoms with Crippen molar-refractivity contribution in [3.63, 3.8) is 0 Å². The van der Waals surface area contributed by atoms with Gasteiger partial charge in [-0.2, -0.15) is 0 Å². The van der Waals surface area contributed by atoms with Gasteiger partial charge in [0.25, 0.3) is 0 Å². The third kappa shape index (κ3) is 1.71. The number of aromatic carboxylic acids is 1. The van der Waals surface area contributed by atoms with Crippen LogP contribution in [0, 0.1) is 0 Å². The number of oxazole rings is 1. The number of carboxylic acids is 1. The van der Waals surface area contributed by atoms with E-state index in [4.69, 9.17) is 9.52 Å². The zero-order valence-corrected chi connectivity index (χ0v) is 9.20. The lowest BCUT2D eigenvalue weighted by molar-refractivity contribution is 0.0654. The second-order valence-electron chi connectivity index (χ2n) is 3.72. The Bertz CT molecular complexity index is 734. The molecule has 3 rings (SSSR count). The van der Waals surface area contributed by atoms with Crippen molar-refractivity contribution in [1.29, 1.82) is 0 Å². The van der Waals surface area contributed by atoms with Crippen LogP contribution < -0.4 is 0 Å². The summed E-state index contributed by atoms with van der Waals surface area (Å²) in [4.78, 5) is 18.7. The molecule has 1 N–H and O–H groups in total. The summed E-state index contributed by atoms with van der Waals surface area (Å²) in [5.41, 5.74) is 1.39. The van der Waals surface area contributed by atoms with E-state index >= 15 is 0 Å². The summed E-state index contributed by atoms with van der Waals surface area (Å²) in [6.45, 7) is 0. The highest BCUT2D eigenvalue weighted by Gasteiger charge is 2.13. The summed E-state index contributed by atoms with van der Waals surface area (Å²) in [6, 6.07) is 11.3. The molecule has 0 saturated heterocycles. The largest absolute Gasteiger partial charge is 0.474 e. The van der Waals surface area contributed by atoms with Crippen molar-refractivity contribution in [1.82, 2.24) is 9.97 Å². The van der Waals surface area contributed by atoms with Crippen LogP contribution in [0.1, 0.15) is 10.7 Å². The summed E-state index contributed by atoms with van der Waals surface area (Å²) < 4.78 is 5.11. The Balaban J connectivity index is 2.10. The van der Waals surface area contributed by atoms with E-state index in [1.165, 1.54) is 6.20 Å². The van der Waals surface area contributed by atoms with Gasteiger partial charge in [-0.3, -0.25) is 0 Å². The van der Waals surface area contributed by atoms with Crippen molar-refractivity contribution in [2.45, 2.75) is 0 Å². The SMILES string of the molecule is O=C(O)c1ncc(-c2ccc3ccccc3n2)o1. The molecule has 0 unspecified atom stereocenters. The number of carbonyl (C=O) groups is 1. The molecule has 0 aliphatic rings. The number of carboxylic acid groups (broad SMARTS) is 1. The summed E-state index contributed by atoms with van der Waals surface area (Å²) in [6.07, 6.45) is 1.36. The van der Waals surface area contributed by atoms with Crippen LogP contribution in [-0.4, -0.2) is 21.0 Å². The Kier molecular flexibility index (Phi) is 2.30. The smallest absolute Gasteiger partial charge is 0.392 e.